The molecule has 2 atom stereocenters. The maximum absolute atomic E-state index is 6.36. The number of fused-ring (bicyclic) bond motifs is 10. The molecule has 0 radical (unpaired) electrons. The number of para-hydroxylation sites is 4. The maximum Gasteiger partial charge on any atom is 0.298 e. The van der Waals surface area contributed by atoms with Gasteiger partial charge in [0.25, 0.3) is 12.0 Å². The normalized spacial score (nSPS) is 35.8. The molecule has 0 unspecified atom stereocenters. The van der Waals surface area contributed by atoms with Crippen LogP contribution in [0.4, 0.5) is 0 Å². The molecule has 0 amide bonds. The second-order valence-corrected chi connectivity index (χ2v) is 12.4. The van der Waals surface area contributed by atoms with Crippen LogP contribution in [-0.2, 0) is 13.1 Å². The van der Waals surface area contributed by atoms with Crippen molar-refractivity contribution in [3.05, 3.63) is 48.5 Å². The predicted molar refractivity (Wildman–Crippen MR) is 145 cm³/mol. The Bertz CT molecular complexity index is 1430. The molecule has 0 N–H and O–H groups in total. The highest BCUT2D eigenvalue weighted by Crippen LogP contribution is 2.46. The van der Waals surface area contributed by atoms with E-state index < -0.39 is 0 Å². The Kier molecular flexibility index (Phi) is 4.43. The van der Waals surface area contributed by atoms with Gasteiger partial charge in [0.2, 0.25) is 0 Å². The average molecular weight is 511 g/mol. The van der Waals surface area contributed by atoms with Gasteiger partial charge in [0.05, 0.1) is 35.2 Å². The van der Waals surface area contributed by atoms with Gasteiger partial charge in [-0.25, -0.2) is 0 Å². The topological polar surface area (TPSA) is 60.6 Å². The highest BCUT2D eigenvalue weighted by Gasteiger charge is 2.54. The molecule has 38 heavy (non-hydrogen) atoms. The van der Waals surface area contributed by atoms with E-state index in [4.69, 9.17) is 9.47 Å². The molecule has 2 aromatic carbocycles. The number of imidazole rings is 2. The summed E-state index contributed by atoms with van der Waals surface area (Å²) in [6.07, 6.45) is 5.12. The zero-order valence-electron chi connectivity index (χ0n) is 21.8. The van der Waals surface area contributed by atoms with E-state index in [1.807, 2.05) is 12.1 Å². The van der Waals surface area contributed by atoms with Crippen molar-refractivity contribution in [2.75, 3.05) is 39.3 Å². The smallest absolute Gasteiger partial charge is 0.298 e. The predicted octanol–water partition coefficient (Wildman–Crippen LogP) is 3.79. The van der Waals surface area contributed by atoms with E-state index in [9.17, 15) is 0 Å². The zero-order chi connectivity index (χ0) is 24.9. The van der Waals surface area contributed by atoms with Gasteiger partial charge in [-0.05, 0) is 76.1 Å². The first-order valence-electron chi connectivity index (χ1n) is 14.4. The first-order chi connectivity index (χ1) is 18.7. The van der Waals surface area contributed by atoms with Crippen molar-refractivity contribution < 1.29 is 9.47 Å². The van der Waals surface area contributed by atoms with E-state index in [-0.39, 0.29) is 11.2 Å². The maximum atomic E-state index is 6.36. The second-order valence-electron chi connectivity index (χ2n) is 12.4. The molecule has 8 nitrogen and oxygen atoms in total. The van der Waals surface area contributed by atoms with Gasteiger partial charge in [-0.1, -0.05) is 24.3 Å². The molecule has 2 aromatic heterocycles. The lowest BCUT2D eigenvalue weighted by Crippen LogP contribution is -2.61. The average Bonchev–Trinajstić information content (AvgIpc) is 3.67. The summed E-state index contributed by atoms with van der Waals surface area (Å²) in [4.78, 5) is 14.4. The molecule has 0 saturated carbocycles. The molecule has 8 aliphatic rings. The van der Waals surface area contributed by atoms with E-state index in [0.717, 1.165) is 49.2 Å². The van der Waals surface area contributed by atoms with Gasteiger partial charge in [-0.2, -0.15) is 9.97 Å². The van der Waals surface area contributed by atoms with Gasteiger partial charge < -0.3 is 9.47 Å². The Balaban J connectivity index is 0.000000111. The largest absolute Gasteiger partial charge is 0.454 e. The summed E-state index contributed by atoms with van der Waals surface area (Å²) in [5.74, 6) is 1.41. The van der Waals surface area contributed by atoms with E-state index in [0.29, 0.717) is 11.8 Å². The Hall–Kier alpha value is -3.10. The van der Waals surface area contributed by atoms with Crippen LogP contribution in [-0.4, -0.2) is 79.4 Å². The van der Waals surface area contributed by atoms with Crippen LogP contribution >= 0.6 is 0 Å². The molecular weight excluding hydrogens is 476 g/mol. The third kappa shape index (κ3) is 3.04. The number of benzene rings is 2. The summed E-state index contributed by atoms with van der Waals surface area (Å²) < 4.78 is 17.3. The van der Waals surface area contributed by atoms with Crippen LogP contribution in [0.5, 0.6) is 12.0 Å². The van der Waals surface area contributed by atoms with Crippen molar-refractivity contribution >= 4 is 22.1 Å². The number of hydrogen-bond donors (Lipinski definition) is 0. The first-order valence-corrected chi connectivity index (χ1v) is 14.4. The van der Waals surface area contributed by atoms with Gasteiger partial charge in [0.15, 0.2) is 0 Å². The summed E-state index contributed by atoms with van der Waals surface area (Å²) in [6, 6.07) is 18.3. The molecule has 8 heteroatoms. The highest BCUT2D eigenvalue weighted by atomic mass is 16.5. The van der Waals surface area contributed by atoms with E-state index in [1.165, 1.54) is 62.9 Å². The van der Waals surface area contributed by atoms with Gasteiger partial charge in [-0.3, -0.25) is 18.9 Å². The SMILES string of the molecule is c1ccc2c(c1)nc1n2C[C@@]2(CN3CCC2CC3)O1.c1ccc2c(c1)nc1n2C[C@]2(CN3CCC2CC3)O1. The van der Waals surface area contributed by atoms with Crippen LogP contribution in [0.1, 0.15) is 25.7 Å². The fraction of sp³-hybridized carbons (Fsp3) is 0.533. The van der Waals surface area contributed by atoms with Crippen molar-refractivity contribution in [1.29, 1.82) is 0 Å². The minimum Gasteiger partial charge on any atom is -0.454 e. The Morgan fingerprint density at radius 2 is 1.00 bits per heavy atom. The van der Waals surface area contributed by atoms with Crippen molar-refractivity contribution in [2.45, 2.75) is 50.0 Å². The summed E-state index contributed by atoms with van der Waals surface area (Å²) >= 11 is 0. The lowest BCUT2D eigenvalue weighted by Gasteiger charge is -2.50. The standard InChI is InChI=1S/2C15H17N3O/c2*1-2-4-13-12(3-1)16-14-18(13)10-15(19-14)9-17-7-5-11(15)6-8-17/h2*1-4,11H,5-10H2/t2*15-/m10/s1. The summed E-state index contributed by atoms with van der Waals surface area (Å²) in [6.45, 7) is 9.11. The molecule has 196 valence electrons. The number of nitrogens with zero attached hydrogens (tertiary/aromatic N) is 6. The van der Waals surface area contributed by atoms with Crippen LogP contribution in [0.3, 0.4) is 0 Å². The lowest BCUT2D eigenvalue weighted by molar-refractivity contribution is -0.0833. The number of piperidine rings is 6. The molecule has 6 fully saturated rings. The lowest BCUT2D eigenvalue weighted by atomic mass is 9.75. The Labute approximate surface area is 222 Å². The Morgan fingerprint density at radius 1 is 0.579 bits per heavy atom. The summed E-state index contributed by atoms with van der Waals surface area (Å²) in [7, 11) is 0. The fourth-order valence-corrected chi connectivity index (χ4v) is 8.37. The van der Waals surface area contributed by atoms with Crippen molar-refractivity contribution in [3.8, 4) is 12.0 Å². The summed E-state index contributed by atoms with van der Waals surface area (Å²) in [5, 5.41) is 0. The minimum absolute atomic E-state index is 0.00284. The van der Waals surface area contributed by atoms with Crippen LogP contribution in [0, 0.1) is 11.8 Å². The number of rotatable bonds is 0. The van der Waals surface area contributed by atoms with E-state index in [1.54, 1.807) is 0 Å². The molecule has 4 aromatic rings. The first kappa shape index (κ1) is 21.8. The highest BCUT2D eigenvalue weighted by molar-refractivity contribution is 5.77. The summed E-state index contributed by atoms with van der Waals surface area (Å²) in [5.41, 5.74) is 4.53. The number of hydrogen-bond acceptors (Lipinski definition) is 6. The van der Waals surface area contributed by atoms with Crippen molar-refractivity contribution in [1.82, 2.24) is 28.9 Å². The minimum atomic E-state index is 0.00284. The zero-order valence-corrected chi connectivity index (χ0v) is 21.8. The quantitative estimate of drug-likeness (QED) is 0.359. The van der Waals surface area contributed by atoms with Crippen LogP contribution in [0.2, 0.25) is 0 Å². The number of ether oxygens (including phenoxy) is 2. The third-order valence-electron chi connectivity index (χ3n) is 10.3. The van der Waals surface area contributed by atoms with Gasteiger partial charge in [-0.15, -0.1) is 0 Å². The molecule has 8 aliphatic heterocycles. The molecule has 6 saturated heterocycles. The van der Waals surface area contributed by atoms with Crippen molar-refractivity contribution in [2.24, 2.45) is 11.8 Å². The van der Waals surface area contributed by atoms with Crippen molar-refractivity contribution in [3.63, 3.8) is 0 Å². The molecule has 4 bridgehead atoms. The van der Waals surface area contributed by atoms with Crippen LogP contribution < -0.4 is 9.47 Å². The van der Waals surface area contributed by atoms with Gasteiger partial charge in [0.1, 0.15) is 11.2 Å². The molecule has 0 aliphatic carbocycles. The van der Waals surface area contributed by atoms with Gasteiger partial charge >= 0.3 is 0 Å². The number of aromatic nitrogens is 4. The van der Waals surface area contributed by atoms with E-state index in [2.05, 4.69) is 65.3 Å². The molecule has 10 heterocycles. The van der Waals surface area contributed by atoms with Crippen LogP contribution in [0.15, 0.2) is 48.5 Å². The van der Waals surface area contributed by atoms with E-state index >= 15 is 0 Å². The molecule has 12 rings (SSSR count). The second kappa shape index (κ2) is 7.73. The molecule has 2 spiro atoms. The van der Waals surface area contributed by atoms with Crippen LogP contribution in [0.25, 0.3) is 22.1 Å². The van der Waals surface area contributed by atoms with Gasteiger partial charge in [0, 0.05) is 24.9 Å². The Morgan fingerprint density at radius 3 is 1.39 bits per heavy atom. The monoisotopic (exact) mass is 510 g/mol. The fourth-order valence-electron chi connectivity index (χ4n) is 8.37. The molecular formula is C30H34N6O2. The third-order valence-corrected chi connectivity index (χ3v) is 10.3.